The van der Waals surface area contributed by atoms with Crippen molar-refractivity contribution < 1.29 is 17.9 Å². The maximum absolute atomic E-state index is 12.2. The molecule has 0 aliphatic rings. The summed E-state index contributed by atoms with van der Waals surface area (Å²) in [5.74, 6) is 0.112. The van der Waals surface area contributed by atoms with Crippen LogP contribution in [0.5, 0.6) is 5.75 Å². The van der Waals surface area contributed by atoms with Crippen molar-refractivity contribution in [3.05, 3.63) is 59.5 Å². The number of rotatable bonds is 4. The smallest absolute Gasteiger partial charge is 0.406 e. The molecular weight excluding hydrogens is 319 g/mol. The zero-order chi connectivity index (χ0) is 17.3. The van der Waals surface area contributed by atoms with Crippen molar-refractivity contribution in [2.45, 2.75) is 32.5 Å². The largest absolute Gasteiger partial charge is 0.573 e. The fourth-order valence-electron chi connectivity index (χ4n) is 2.49. The lowest BCUT2D eigenvalue weighted by Crippen LogP contribution is -2.17. The highest BCUT2D eigenvalue weighted by Gasteiger charge is 2.30. The van der Waals surface area contributed by atoms with Gasteiger partial charge in [-0.25, -0.2) is 9.50 Å². The van der Waals surface area contributed by atoms with E-state index in [4.69, 9.17) is 0 Å². The molecule has 4 nitrogen and oxygen atoms in total. The van der Waals surface area contributed by atoms with Gasteiger partial charge in [-0.05, 0) is 41.3 Å². The van der Waals surface area contributed by atoms with Gasteiger partial charge in [0.05, 0.1) is 0 Å². The predicted molar refractivity (Wildman–Crippen MR) is 83.0 cm³/mol. The molecule has 0 amide bonds. The minimum absolute atomic E-state index is 0.229. The number of benzene rings is 1. The molecule has 0 unspecified atom stereocenters. The lowest BCUT2D eigenvalue weighted by atomic mass is 10.0. The molecule has 2 aromatic heterocycles. The molecule has 0 N–H and O–H groups in total. The van der Waals surface area contributed by atoms with Crippen LogP contribution >= 0.6 is 0 Å². The van der Waals surface area contributed by atoms with Crippen molar-refractivity contribution in [3.63, 3.8) is 0 Å². The molecule has 0 fully saturated rings. The summed E-state index contributed by atoms with van der Waals surface area (Å²) < 4.78 is 42.3. The Bertz CT molecular complexity index is 838. The fourth-order valence-corrected chi connectivity index (χ4v) is 2.49. The average molecular weight is 335 g/mol. The molecule has 0 aliphatic carbocycles. The normalized spacial score (nSPS) is 12.1. The van der Waals surface area contributed by atoms with Crippen LogP contribution in [-0.2, 0) is 6.42 Å². The molecule has 0 bridgehead atoms. The van der Waals surface area contributed by atoms with Crippen molar-refractivity contribution >= 4 is 5.65 Å². The third-order valence-electron chi connectivity index (χ3n) is 3.68. The van der Waals surface area contributed by atoms with E-state index in [1.807, 2.05) is 12.1 Å². The van der Waals surface area contributed by atoms with Gasteiger partial charge in [0.1, 0.15) is 12.1 Å². The van der Waals surface area contributed by atoms with Crippen LogP contribution in [0, 0.1) is 0 Å². The molecular formula is C17H16F3N3O. The zero-order valence-corrected chi connectivity index (χ0v) is 13.2. The van der Waals surface area contributed by atoms with Crippen LogP contribution in [-0.4, -0.2) is 21.0 Å². The van der Waals surface area contributed by atoms with Gasteiger partial charge in [-0.15, -0.1) is 13.2 Å². The highest BCUT2D eigenvalue weighted by atomic mass is 19.4. The van der Waals surface area contributed by atoms with Crippen molar-refractivity contribution in [1.82, 2.24) is 14.6 Å². The number of aromatic nitrogens is 3. The van der Waals surface area contributed by atoms with E-state index in [1.54, 1.807) is 16.6 Å². The van der Waals surface area contributed by atoms with Crippen LogP contribution in [0.2, 0.25) is 0 Å². The zero-order valence-electron chi connectivity index (χ0n) is 13.2. The molecule has 2 heterocycles. The first kappa shape index (κ1) is 16.3. The molecule has 7 heteroatoms. The summed E-state index contributed by atoms with van der Waals surface area (Å²) in [6.45, 7) is 4.19. The van der Waals surface area contributed by atoms with E-state index < -0.39 is 6.36 Å². The van der Waals surface area contributed by atoms with Crippen LogP contribution in [0.3, 0.4) is 0 Å². The number of pyridine rings is 1. The fraction of sp³-hybridized carbons (Fsp3) is 0.294. The Kier molecular flexibility index (Phi) is 4.17. The molecule has 0 radical (unpaired) electrons. The summed E-state index contributed by atoms with van der Waals surface area (Å²) in [7, 11) is 0. The van der Waals surface area contributed by atoms with Crippen LogP contribution in [0.25, 0.3) is 5.65 Å². The van der Waals surface area contributed by atoms with E-state index in [0.717, 1.165) is 22.5 Å². The van der Waals surface area contributed by atoms with Gasteiger partial charge in [0.2, 0.25) is 0 Å². The Morgan fingerprint density at radius 1 is 1.12 bits per heavy atom. The highest BCUT2D eigenvalue weighted by Crippen LogP contribution is 2.24. The summed E-state index contributed by atoms with van der Waals surface area (Å²) in [6.07, 6.45) is -2.66. The summed E-state index contributed by atoms with van der Waals surface area (Å²) >= 11 is 0. The van der Waals surface area contributed by atoms with E-state index in [2.05, 4.69) is 28.7 Å². The van der Waals surface area contributed by atoms with Gasteiger partial charge in [-0.1, -0.05) is 26.0 Å². The van der Waals surface area contributed by atoms with Crippen LogP contribution in [0.15, 0.2) is 42.7 Å². The van der Waals surface area contributed by atoms with E-state index >= 15 is 0 Å². The second-order valence-corrected chi connectivity index (χ2v) is 5.83. The van der Waals surface area contributed by atoms with Gasteiger partial charge in [0.15, 0.2) is 5.65 Å². The molecule has 3 aromatic rings. The van der Waals surface area contributed by atoms with Gasteiger partial charge < -0.3 is 4.74 Å². The molecule has 126 valence electrons. The Morgan fingerprint density at radius 3 is 2.46 bits per heavy atom. The number of ether oxygens (including phenoxy) is 1. The first-order valence-corrected chi connectivity index (χ1v) is 7.49. The number of hydrogen-bond donors (Lipinski definition) is 0. The molecule has 0 aliphatic heterocycles. The predicted octanol–water partition coefficient (Wildman–Crippen LogP) is 4.34. The topological polar surface area (TPSA) is 39.4 Å². The van der Waals surface area contributed by atoms with E-state index in [0.29, 0.717) is 12.3 Å². The Labute approximate surface area is 136 Å². The molecule has 0 atom stereocenters. The van der Waals surface area contributed by atoms with Gasteiger partial charge >= 0.3 is 6.36 Å². The third kappa shape index (κ3) is 3.67. The maximum Gasteiger partial charge on any atom is 0.573 e. The Balaban J connectivity index is 1.88. The molecule has 1 aromatic carbocycles. The van der Waals surface area contributed by atoms with Crippen molar-refractivity contribution in [3.8, 4) is 5.75 Å². The Hall–Kier alpha value is -2.57. The minimum Gasteiger partial charge on any atom is -0.406 e. The maximum atomic E-state index is 12.2. The SMILES string of the molecule is CC(C)c1cc(Cc2ccc(OC(F)(F)F)cc2)n2ncnc2c1. The summed E-state index contributed by atoms with van der Waals surface area (Å²) in [4.78, 5) is 4.23. The molecule has 0 saturated heterocycles. The summed E-state index contributed by atoms with van der Waals surface area (Å²) in [5.41, 5.74) is 3.69. The second kappa shape index (κ2) is 6.14. The first-order valence-electron chi connectivity index (χ1n) is 7.49. The van der Waals surface area contributed by atoms with Crippen molar-refractivity contribution in [2.75, 3.05) is 0 Å². The Morgan fingerprint density at radius 2 is 1.83 bits per heavy atom. The molecule has 0 spiro atoms. The number of hydrogen-bond acceptors (Lipinski definition) is 3. The number of fused-ring (bicyclic) bond motifs is 1. The third-order valence-corrected chi connectivity index (χ3v) is 3.68. The summed E-state index contributed by atoms with van der Waals surface area (Å²) in [6, 6.07) is 9.90. The number of alkyl halides is 3. The number of halogens is 3. The first-order chi connectivity index (χ1) is 11.3. The minimum atomic E-state index is -4.68. The lowest BCUT2D eigenvalue weighted by Gasteiger charge is -2.12. The van der Waals surface area contributed by atoms with E-state index in [-0.39, 0.29) is 5.75 Å². The highest BCUT2D eigenvalue weighted by molar-refractivity contribution is 5.44. The van der Waals surface area contributed by atoms with Crippen molar-refractivity contribution in [1.29, 1.82) is 0 Å². The standard InChI is InChI=1S/C17H16F3N3O/c1-11(2)13-8-14(23-16(9-13)21-10-22-23)7-12-3-5-15(6-4-12)24-17(18,19)20/h3-6,8-11H,7H2,1-2H3. The second-order valence-electron chi connectivity index (χ2n) is 5.83. The number of nitrogens with zero attached hydrogens (tertiary/aromatic N) is 3. The van der Waals surface area contributed by atoms with Gasteiger partial charge in [-0.3, -0.25) is 0 Å². The van der Waals surface area contributed by atoms with Gasteiger partial charge in [0, 0.05) is 12.1 Å². The molecule has 24 heavy (non-hydrogen) atoms. The lowest BCUT2D eigenvalue weighted by molar-refractivity contribution is -0.274. The van der Waals surface area contributed by atoms with E-state index in [1.165, 1.54) is 18.5 Å². The average Bonchev–Trinajstić information content (AvgIpc) is 2.96. The van der Waals surface area contributed by atoms with Crippen LogP contribution in [0.4, 0.5) is 13.2 Å². The van der Waals surface area contributed by atoms with Crippen molar-refractivity contribution in [2.24, 2.45) is 0 Å². The van der Waals surface area contributed by atoms with Crippen LogP contribution < -0.4 is 4.74 Å². The molecule has 3 rings (SSSR count). The van der Waals surface area contributed by atoms with Gasteiger partial charge in [0.25, 0.3) is 0 Å². The van der Waals surface area contributed by atoms with Gasteiger partial charge in [-0.2, -0.15) is 5.10 Å². The van der Waals surface area contributed by atoms with Crippen LogP contribution in [0.1, 0.15) is 36.6 Å². The quantitative estimate of drug-likeness (QED) is 0.712. The molecule has 0 saturated carbocycles. The monoisotopic (exact) mass is 335 g/mol. The van der Waals surface area contributed by atoms with E-state index in [9.17, 15) is 13.2 Å². The summed E-state index contributed by atoms with van der Waals surface area (Å²) in [5, 5.41) is 4.21.